The molecule has 2 bridgehead atoms. The summed E-state index contributed by atoms with van der Waals surface area (Å²) < 4.78 is 43.1. The first-order valence-electron chi connectivity index (χ1n) is 5.95. The van der Waals surface area contributed by atoms with Crippen LogP contribution in [0.15, 0.2) is 18.2 Å². The zero-order valence-electron chi connectivity index (χ0n) is 9.57. The van der Waals surface area contributed by atoms with Crippen LogP contribution in [0.5, 0.6) is 5.88 Å². The summed E-state index contributed by atoms with van der Waals surface area (Å²) in [4.78, 5) is 3.53. The second-order valence-electron chi connectivity index (χ2n) is 4.86. The van der Waals surface area contributed by atoms with Crippen molar-refractivity contribution >= 4 is 0 Å². The summed E-state index contributed by atoms with van der Waals surface area (Å²) in [5, 5.41) is 3.26. The molecule has 3 atom stereocenters. The van der Waals surface area contributed by atoms with E-state index in [2.05, 4.69) is 10.3 Å². The smallest absolute Gasteiger partial charge is 0.433 e. The number of fused-ring (bicyclic) bond motifs is 2. The molecule has 2 fully saturated rings. The summed E-state index contributed by atoms with van der Waals surface area (Å²) in [6, 6.07) is 3.77. The number of piperidine rings is 2. The van der Waals surface area contributed by atoms with Crippen LogP contribution < -0.4 is 10.1 Å². The number of alkyl halides is 3. The fourth-order valence-electron chi connectivity index (χ4n) is 2.67. The number of hydrogen-bond acceptors (Lipinski definition) is 3. The van der Waals surface area contributed by atoms with Crippen molar-refractivity contribution in [3.8, 4) is 5.88 Å². The highest BCUT2D eigenvalue weighted by Gasteiger charge is 2.45. The van der Waals surface area contributed by atoms with E-state index >= 15 is 0 Å². The monoisotopic (exact) mass is 258 g/mol. The summed E-state index contributed by atoms with van der Waals surface area (Å²) in [6.07, 6.45) is -3.31. The molecule has 1 unspecified atom stereocenters. The van der Waals surface area contributed by atoms with Gasteiger partial charge in [0.05, 0.1) is 0 Å². The first-order chi connectivity index (χ1) is 8.54. The van der Waals surface area contributed by atoms with E-state index in [4.69, 9.17) is 4.74 Å². The van der Waals surface area contributed by atoms with Crippen LogP contribution in [-0.4, -0.2) is 24.2 Å². The molecule has 0 amide bonds. The van der Waals surface area contributed by atoms with Crippen LogP contribution >= 0.6 is 0 Å². The van der Waals surface area contributed by atoms with Crippen molar-refractivity contribution in [1.29, 1.82) is 0 Å². The molecule has 6 heteroatoms. The first-order valence-corrected chi connectivity index (χ1v) is 5.95. The molecule has 0 spiro atoms. The van der Waals surface area contributed by atoms with Crippen LogP contribution in [0.4, 0.5) is 13.2 Å². The minimum Gasteiger partial charge on any atom is -0.474 e. The molecule has 0 radical (unpaired) electrons. The predicted molar refractivity (Wildman–Crippen MR) is 58.1 cm³/mol. The standard InChI is InChI=1S/C12H13F3N2O/c13-12(14,15)9-2-1-3-10(17-9)18-11-7-4-8(11)6-16-5-7/h1-3,7-8,11,16H,4-6H2/t7-,8+,11?. The largest absolute Gasteiger partial charge is 0.474 e. The maximum absolute atomic E-state index is 12.5. The lowest BCUT2D eigenvalue weighted by Gasteiger charge is -2.48. The minimum absolute atomic E-state index is 0.0160. The Morgan fingerprint density at radius 1 is 1.22 bits per heavy atom. The van der Waals surface area contributed by atoms with E-state index in [1.54, 1.807) is 0 Å². The minimum atomic E-state index is -4.42. The van der Waals surface area contributed by atoms with Crippen molar-refractivity contribution in [3.05, 3.63) is 23.9 Å². The van der Waals surface area contributed by atoms with Crippen LogP contribution in [-0.2, 0) is 6.18 Å². The van der Waals surface area contributed by atoms with Crippen LogP contribution in [0.25, 0.3) is 0 Å². The van der Waals surface area contributed by atoms with Gasteiger partial charge in [-0.2, -0.15) is 13.2 Å². The summed E-state index contributed by atoms with van der Waals surface area (Å²) in [7, 11) is 0. The SMILES string of the molecule is FC(F)(F)c1cccc(OC2[C@@H]3CNC[C@H]2C3)n1. The second-order valence-corrected chi connectivity index (χ2v) is 4.86. The number of rotatable bonds is 2. The third kappa shape index (κ3) is 2.05. The summed E-state index contributed by atoms with van der Waals surface area (Å²) >= 11 is 0. The Kier molecular flexibility index (Phi) is 2.69. The number of hydrogen-bond donors (Lipinski definition) is 1. The molecule has 18 heavy (non-hydrogen) atoms. The Balaban J connectivity index is 1.73. The summed E-state index contributed by atoms with van der Waals surface area (Å²) in [5.74, 6) is 0.881. The van der Waals surface area contributed by atoms with Gasteiger partial charge < -0.3 is 10.1 Å². The molecule has 1 N–H and O–H groups in total. The Bertz CT molecular complexity index is 435. The van der Waals surface area contributed by atoms with Gasteiger partial charge in [-0.3, -0.25) is 0 Å². The Hall–Kier alpha value is -1.30. The molecule has 2 aliphatic rings. The molecular weight excluding hydrogens is 245 g/mol. The van der Waals surface area contributed by atoms with Gasteiger partial charge in [-0.25, -0.2) is 4.98 Å². The first kappa shape index (κ1) is 11.8. The average Bonchev–Trinajstić information content (AvgIpc) is 2.36. The van der Waals surface area contributed by atoms with Gasteiger partial charge in [0.15, 0.2) is 0 Å². The third-order valence-electron chi connectivity index (χ3n) is 3.62. The van der Waals surface area contributed by atoms with Crippen molar-refractivity contribution in [1.82, 2.24) is 10.3 Å². The molecule has 1 aliphatic heterocycles. The van der Waals surface area contributed by atoms with Crippen molar-refractivity contribution in [2.24, 2.45) is 11.8 Å². The van der Waals surface area contributed by atoms with Gasteiger partial charge in [0.25, 0.3) is 0 Å². The van der Waals surface area contributed by atoms with Gasteiger partial charge >= 0.3 is 6.18 Å². The maximum Gasteiger partial charge on any atom is 0.433 e. The van der Waals surface area contributed by atoms with Crippen molar-refractivity contribution < 1.29 is 17.9 Å². The van der Waals surface area contributed by atoms with Crippen LogP contribution in [0.1, 0.15) is 12.1 Å². The lowest BCUT2D eigenvalue weighted by Crippen LogP contribution is -2.59. The zero-order valence-corrected chi connectivity index (χ0v) is 9.57. The third-order valence-corrected chi connectivity index (χ3v) is 3.62. The van der Waals surface area contributed by atoms with E-state index in [1.807, 2.05) is 0 Å². The Labute approximate surface area is 102 Å². The number of ether oxygens (including phenoxy) is 1. The number of pyridine rings is 1. The molecule has 3 nitrogen and oxygen atoms in total. The fourth-order valence-corrected chi connectivity index (χ4v) is 2.67. The van der Waals surface area contributed by atoms with Crippen molar-refractivity contribution in [3.63, 3.8) is 0 Å². The number of aromatic nitrogens is 1. The van der Waals surface area contributed by atoms with Gasteiger partial charge in [0.2, 0.25) is 5.88 Å². The molecule has 1 saturated carbocycles. The topological polar surface area (TPSA) is 34.1 Å². The predicted octanol–water partition coefficient (Wildman–Crippen LogP) is 2.09. The van der Waals surface area contributed by atoms with Crippen molar-refractivity contribution in [2.45, 2.75) is 18.7 Å². The lowest BCUT2D eigenvalue weighted by molar-refractivity contribution is -0.141. The van der Waals surface area contributed by atoms with Gasteiger partial charge in [-0.05, 0) is 12.5 Å². The Morgan fingerprint density at radius 3 is 2.56 bits per heavy atom. The zero-order chi connectivity index (χ0) is 12.8. The second kappa shape index (κ2) is 4.12. The summed E-state index contributed by atoms with van der Waals surface area (Å²) in [5.41, 5.74) is -0.900. The maximum atomic E-state index is 12.5. The van der Waals surface area contributed by atoms with E-state index in [9.17, 15) is 13.2 Å². The number of halogens is 3. The van der Waals surface area contributed by atoms with E-state index in [0.29, 0.717) is 11.8 Å². The van der Waals surface area contributed by atoms with Crippen LogP contribution in [0, 0.1) is 11.8 Å². The van der Waals surface area contributed by atoms with Gasteiger partial charge in [-0.1, -0.05) is 6.07 Å². The normalized spacial score (nSPS) is 30.7. The van der Waals surface area contributed by atoms with E-state index in [1.165, 1.54) is 12.1 Å². The van der Waals surface area contributed by atoms with Gasteiger partial charge in [0, 0.05) is 31.0 Å². The van der Waals surface area contributed by atoms with E-state index in [-0.39, 0.29) is 12.0 Å². The van der Waals surface area contributed by atoms with E-state index < -0.39 is 11.9 Å². The molecule has 3 rings (SSSR count). The average molecular weight is 258 g/mol. The van der Waals surface area contributed by atoms with Gasteiger partial charge in [-0.15, -0.1) is 0 Å². The highest BCUT2D eigenvalue weighted by molar-refractivity contribution is 5.19. The molecule has 98 valence electrons. The molecular formula is C12H13F3N2O. The number of nitrogens with zero attached hydrogens (tertiary/aromatic N) is 1. The summed E-state index contributed by atoms with van der Waals surface area (Å²) in [6.45, 7) is 1.75. The highest BCUT2D eigenvalue weighted by Crippen LogP contribution is 2.39. The molecule has 1 aliphatic carbocycles. The molecule has 1 saturated heterocycles. The molecule has 1 aromatic rings. The molecule has 2 heterocycles. The van der Waals surface area contributed by atoms with Crippen LogP contribution in [0.3, 0.4) is 0 Å². The fraction of sp³-hybridized carbons (Fsp3) is 0.583. The number of nitrogens with one attached hydrogen (secondary N) is 1. The molecule has 0 aromatic carbocycles. The van der Waals surface area contributed by atoms with Gasteiger partial charge in [0.1, 0.15) is 11.8 Å². The highest BCUT2D eigenvalue weighted by atomic mass is 19.4. The van der Waals surface area contributed by atoms with E-state index in [0.717, 1.165) is 25.6 Å². The van der Waals surface area contributed by atoms with Crippen LogP contribution in [0.2, 0.25) is 0 Å². The van der Waals surface area contributed by atoms with Crippen molar-refractivity contribution in [2.75, 3.05) is 13.1 Å². The molecule has 1 aromatic heterocycles. The Morgan fingerprint density at radius 2 is 1.94 bits per heavy atom. The quantitative estimate of drug-likeness (QED) is 0.882. The lowest BCUT2D eigenvalue weighted by atomic mass is 9.69.